The normalized spacial score (nSPS) is 23.1. The highest BCUT2D eigenvalue weighted by Crippen LogP contribution is 2.44. The summed E-state index contributed by atoms with van der Waals surface area (Å²) in [5, 5.41) is 4.73. The quantitative estimate of drug-likeness (QED) is 0.516. The summed E-state index contributed by atoms with van der Waals surface area (Å²) >= 11 is 0. The van der Waals surface area contributed by atoms with E-state index in [1.165, 1.54) is 6.07 Å². The molecule has 1 amide bonds. The fraction of sp³-hybridized carbons (Fsp3) is 0.423. The Kier molecular flexibility index (Phi) is 5.70. The molecular formula is C26H25F3N4O3. The number of ether oxygens (including phenoxy) is 2. The number of benzene rings is 1. The first kappa shape index (κ1) is 23.0. The molecule has 2 aliphatic heterocycles. The van der Waals surface area contributed by atoms with Gasteiger partial charge in [0.2, 0.25) is 5.88 Å². The smallest absolute Gasteiger partial charge is 0.417 e. The van der Waals surface area contributed by atoms with Gasteiger partial charge in [-0.1, -0.05) is 30.3 Å². The first-order chi connectivity index (χ1) is 17.4. The van der Waals surface area contributed by atoms with Gasteiger partial charge in [0.15, 0.2) is 5.69 Å². The van der Waals surface area contributed by atoms with E-state index in [4.69, 9.17) is 14.6 Å². The highest BCUT2D eigenvalue weighted by atomic mass is 19.4. The van der Waals surface area contributed by atoms with Gasteiger partial charge in [-0.05, 0) is 36.8 Å². The molecule has 0 N–H and O–H groups in total. The number of fused-ring (bicyclic) bond motifs is 3. The third-order valence-corrected chi connectivity index (χ3v) is 7.45. The van der Waals surface area contributed by atoms with Crippen LogP contribution in [0.4, 0.5) is 13.2 Å². The number of likely N-dealkylation sites (tertiary alicyclic amines) is 1. The Morgan fingerprint density at radius 2 is 1.97 bits per heavy atom. The van der Waals surface area contributed by atoms with Crippen molar-refractivity contribution in [3.05, 3.63) is 65.6 Å². The molecule has 10 heteroatoms. The average molecular weight is 499 g/mol. The van der Waals surface area contributed by atoms with Crippen molar-refractivity contribution < 1.29 is 27.4 Å². The van der Waals surface area contributed by atoms with E-state index in [1.54, 1.807) is 0 Å². The number of hydrogen-bond acceptors (Lipinski definition) is 5. The lowest BCUT2D eigenvalue weighted by molar-refractivity contribution is -0.137. The van der Waals surface area contributed by atoms with Crippen LogP contribution in [-0.4, -0.2) is 50.9 Å². The van der Waals surface area contributed by atoms with Crippen LogP contribution in [0.1, 0.15) is 41.0 Å². The summed E-state index contributed by atoms with van der Waals surface area (Å²) in [6.45, 7) is 1.69. The van der Waals surface area contributed by atoms with Crippen LogP contribution in [0.2, 0.25) is 0 Å². The molecule has 0 spiro atoms. The van der Waals surface area contributed by atoms with Crippen molar-refractivity contribution >= 4 is 5.91 Å². The number of nitrogens with zero attached hydrogens (tertiary/aromatic N) is 4. The van der Waals surface area contributed by atoms with Gasteiger partial charge in [0.05, 0.1) is 37.1 Å². The number of pyridine rings is 1. The van der Waals surface area contributed by atoms with Crippen LogP contribution in [-0.2, 0) is 24.1 Å². The Morgan fingerprint density at radius 3 is 2.72 bits per heavy atom. The SMILES string of the molecule is O=C(c1nn2c(c1-c1ccccc1)COCC2)N1[C@@H]2CC[C@@H](C2)[C@H]1COc1ccc(C(F)(F)F)cn1. The van der Waals surface area contributed by atoms with Gasteiger partial charge in [0.25, 0.3) is 5.91 Å². The summed E-state index contributed by atoms with van der Waals surface area (Å²) in [6, 6.07) is 11.8. The number of alkyl halides is 3. The number of halogens is 3. The zero-order valence-electron chi connectivity index (χ0n) is 19.4. The number of hydrogen-bond donors (Lipinski definition) is 0. The van der Waals surface area contributed by atoms with Gasteiger partial charge in [-0.25, -0.2) is 4.98 Å². The fourth-order valence-corrected chi connectivity index (χ4v) is 5.76. The topological polar surface area (TPSA) is 69.5 Å². The van der Waals surface area contributed by atoms with Crippen molar-refractivity contribution in [1.82, 2.24) is 19.7 Å². The maximum atomic E-state index is 14.0. The minimum Gasteiger partial charge on any atom is -0.475 e. The number of piperidine rings is 1. The Balaban J connectivity index is 1.28. The number of carbonyl (C=O) groups is 1. The molecule has 2 fully saturated rings. The van der Waals surface area contributed by atoms with Gasteiger partial charge in [0, 0.05) is 23.9 Å². The van der Waals surface area contributed by atoms with Crippen molar-refractivity contribution in [3.63, 3.8) is 0 Å². The van der Waals surface area contributed by atoms with Crippen LogP contribution in [0.25, 0.3) is 11.1 Å². The standard InChI is InChI=1S/C26H25F3N4O3/c27-26(28,29)18-7-9-22(30-13-18)36-15-20-17-6-8-19(12-17)33(20)25(34)24-23(16-4-2-1-3-5-16)21-14-35-11-10-32(21)31-24/h1-5,7,9,13,17,19-20H,6,8,10-12,14-15H2/t17-,19+,20+/m0/s1. The molecule has 1 saturated heterocycles. The van der Waals surface area contributed by atoms with Crippen LogP contribution < -0.4 is 4.74 Å². The number of rotatable bonds is 5. The minimum atomic E-state index is -4.45. The molecule has 3 aliphatic rings. The minimum absolute atomic E-state index is 0.0928. The first-order valence-electron chi connectivity index (χ1n) is 12.1. The van der Waals surface area contributed by atoms with E-state index in [0.717, 1.165) is 48.3 Å². The second-order valence-corrected chi connectivity index (χ2v) is 9.51. The van der Waals surface area contributed by atoms with Crippen molar-refractivity contribution in [1.29, 1.82) is 0 Å². The van der Waals surface area contributed by atoms with Crippen molar-refractivity contribution in [2.24, 2.45) is 5.92 Å². The molecule has 36 heavy (non-hydrogen) atoms. The highest BCUT2D eigenvalue weighted by Gasteiger charge is 2.49. The average Bonchev–Trinajstić information content (AvgIpc) is 3.60. The molecule has 3 aromatic rings. The molecule has 0 radical (unpaired) electrons. The Bertz CT molecular complexity index is 1260. The zero-order valence-corrected chi connectivity index (χ0v) is 19.4. The Hall–Kier alpha value is -3.40. The van der Waals surface area contributed by atoms with E-state index < -0.39 is 11.7 Å². The molecule has 0 unspecified atom stereocenters. The number of carbonyl (C=O) groups excluding carboxylic acids is 1. The number of aromatic nitrogens is 3. The molecule has 2 aromatic heterocycles. The van der Waals surface area contributed by atoms with Gasteiger partial charge in [-0.3, -0.25) is 9.48 Å². The number of amides is 1. The largest absolute Gasteiger partial charge is 0.475 e. The van der Waals surface area contributed by atoms with E-state index in [-0.39, 0.29) is 36.4 Å². The summed E-state index contributed by atoms with van der Waals surface area (Å²) < 4.78 is 51.9. The summed E-state index contributed by atoms with van der Waals surface area (Å²) in [7, 11) is 0. The molecule has 1 saturated carbocycles. The monoisotopic (exact) mass is 498 g/mol. The lowest BCUT2D eigenvalue weighted by Gasteiger charge is -2.34. The van der Waals surface area contributed by atoms with Crippen molar-refractivity contribution in [3.8, 4) is 17.0 Å². The lowest BCUT2D eigenvalue weighted by atomic mass is 9.97. The van der Waals surface area contributed by atoms with Crippen LogP contribution in [0, 0.1) is 5.92 Å². The third-order valence-electron chi connectivity index (χ3n) is 7.45. The molecule has 4 heterocycles. The van der Waals surface area contributed by atoms with Crippen molar-refractivity contribution in [2.45, 2.75) is 50.7 Å². The molecule has 3 atom stereocenters. The van der Waals surface area contributed by atoms with Crippen LogP contribution in [0.15, 0.2) is 48.7 Å². The maximum Gasteiger partial charge on any atom is 0.417 e. The maximum absolute atomic E-state index is 14.0. The predicted molar refractivity (Wildman–Crippen MR) is 123 cm³/mol. The summed E-state index contributed by atoms with van der Waals surface area (Å²) in [5.74, 6) is 0.240. The second kappa shape index (κ2) is 8.92. The molecule has 1 aromatic carbocycles. The van der Waals surface area contributed by atoms with E-state index in [9.17, 15) is 18.0 Å². The summed E-state index contributed by atoms with van der Waals surface area (Å²) in [4.78, 5) is 19.7. The van der Waals surface area contributed by atoms with Crippen LogP contribution in [0.3, 0.4) is 0 Å². The van der Waals surface area contributed by atoms with E-state index in [0.29, 0.717) is 25.5 Å². The summed E-state index contributed by atoms with van der Waals surface area (Å²) in [6.07, 6.45) is -0.893. The predicted octanol–water partition coefficient (Wildman–Crippen LogP) is 4.57. The third kappa shape index (κ3) is 4.03. The molecule has 7 nitrogen and oxygen atoms in total. The highest BCUT2D eigenvalue weighted by molar-refractivity contribution is 6.00. The summed E-state index contributed by atoms with van der Waals surface area (Å²) in [5.41, 5.74) is 2.19. The van der Waals surface area contributed by atoms with E-state index in [2.05, 4.69) is 4.98 Å². The van der Waals surface area contributed by atoms with Crippen LogP contribution in [0.5, 0.6) is 5.88 Å². The van der Waals surface area contributed by atoms with Gasteiger partial charge >= 0.3 is 6.18 Å². The molecular weight excluding hydrogens is 473 g/mol. The first-order valence-corrected chi connectivity index (χ1v) is 12.1. The zero-order chi connectivity index (χ0) is 24.9. The molecule has 6 rings (SSSR count). The van der Waals surface area contributed by atoms with E-state index >= 15 is 0 Å². The molecule has 188 valence electrons. The van der Waals surface area contributed by atoms with Gasteiger partial charge in [0.1, 0.15) is 6.61 Å². The lowest BCUT2D eigenvalue weighted by Crippen LogP contribution is -2.48. The Labute approximate surface area is 205 Å². The van der Waals surface area contributed by atoms with Crippen molar-refractivity contribution in [2.75, 3.05) is 13.2 Å². The van der Waals surface area contributed by atoms with Gasteiger partial charge < -0.3 is 14.4 Å². The molecule has 2 bridgehead atoms. The van der Waals surface area contributed by atoms with Crippen LogP contribution >= 0.6 is 0 Å². The molecule has 1 aliphatic carbocycles. The van der Waals surface area contributed by atoms with Gasteiger partial charge in [-0.15, -0.1) is 0 Å². The second-order valence-electron chi connectivity index (χ2n) is 9.51. The van der Waals surface area contributed by atoms with Gasteiger partial charge in [-0.2, -0.15) is 18.3 Å². The fourth-order valence-electron chi connectivity index (χ4n) is 5.76. The Morgan fingerprint density at radius 1 is 1.14 bits per heavy atom. The van der Waals surface area contributed by atoms with E-state index in [1.807, 2.05) is 39.9 Å².